The molecule has 7 nitrogen and oxygen atoms in total. The highest BCUT2D eigenvalue weighted by molar-refractivity contribution is 6.05. The van der Waals surface area contributed by atoms with E-state index in [2.05, 4.69) is 40.5 Å². The third kappa shape index (κ3) is 3.93. The minimum absolute atomic E-state index is 0.106. The van der Waals surface area contributed by atoms with Crippen molar-refractivity contribution in [3.8, 4) is 0 Å². The van der Waals surface area contributed by atoms with Gasteiger partial charge in [-0.1, -0.05) is 30.3 Å². The zero-order chi connectivity index (χ0) is 23.2. The maximum absolute atomic E-state index is 12.9. The number of ether oxygens (including phenoxy) is 1. The number of hydrogen-bond acceptors (Lipinski definition) is 5. The maximum atomic E-state index is 12.9. The fraction of sp³-hybridized carbons (Fsp3) is 0.444. The number of benzene rings is 2. The molecule has 176 valence electrons. The number of fused-ring (bicyclic) bond motifs is 2. The van der Waals surface area contributed by atoms with Crippen LogP contribution in [-0.4, -0.2) is 46.7 Å². The van der Waals surface area contributed by atoms with E-state index in [-0.39, 0.29) is 24.1 Å². The standard InChI is InChI=1S/C27H29N3O4/c31-25-6-5-24(26(32)28-25)30-14-21-12-19(3-4-23(21)27(30)33)18-7-9-29(10-8-18)13-17-1-2-20-15-34-16-22(20)11-17/h1-4,11-12,18,24H,5-10,13-16H2,(H,28,31,32). The summed E-state index contributed by atoms with van der Waals surface area (Å²) in [6.07, 6.45) is 2.86. The summed E-state index contributed by atoms with van der Waals surface area (Å²) in [5, 5.41) is 2.37. The van der Waals surface area contributed by atoms with E-state index in [1.165, 1.54) is 22.3 Å². The van der Waals surface area contributed by atoms with Crippen LogP contribution >= 0.6 is 0 Å². The molecule has 4 aliphatic rings. The van der Waals surface area contributed by atoms with Gasteiger partial charge in [0.05, 0.1) is 13.2 Å². The van der Waals surface area contributed by atoms with Crippen molar-refractivity contribution in [2.45, 2.75) is 63.9 Å². The van der Waals surface area contributed by atoms with Gasteiger partial charge in [-0.15, -0.1) is 0 Å². The first-order valence-electron chi connectivity index (χ1n) is 12.2. The number of imide groups is 1. The predicted molar refractivity (Wildman–Crippen MR) is 125 cm³/mol. The van der Waals surface area contributed by atoms with E-state index in [1.54, 1.807) is 4.90 Å². The highest BCUT2D eigenvalue weighted by Gasteiger charge is 2.39. The van der Waals surface area contributed by atoms with Crippen molar-refractivity contribution in [1.29, 1.82) is 0 Å². The van der Waals surface area contributed by atoms with Gasteiger partial charge in [-0.2, -0.15) is 0 Å². The SMILES string of the molecule is O=C1CCC(N2Cc3cc(C4CCN(Cc5ccc6c(c5)COC6)CC4)ccc3C2=O)C(=O)N1. The Kier molecular flexibility index (Phi) is 5.46. The fourth-order valence-corrected chi connectivity index (χ4v) is 5.85. The topological polar surface area (TPSA) is 79.0 Å². The first-order valence-corrected chi connectivity index (χ1v) is 12.2. The van der Waals surface area contributed by atoms with Crippen LogP contribution in [0.3, 0.4) is 0 Å². The van der Waals surface area contributed by atoms with Gasteiger partial charge in [0, 0.05) is 25.1 Å². The number of piperidine rings is 2. The maximum Gasteiger partial charge on any atom is 0.255 e. The number of carbonyl (C=O) groups excluding carboxylic acids is 3. The van der Waals surface area contributed by atoms with Gasteiger partial charge in [0.1, 0.15) is 6.04 Å². The second-order valence-corrected chi connectivity index (χ2v) is 9.96. The normalized spacial score (nSPS) is 23.2. The van der Waals surface area contributed by atoms with E-state index in [9.17, 15) is 14.4 Å². The lowest BCUT2D eigenvalue weighted by molar-refractivity contribution is -0.136. The fourth-order valence-electron chi connectivity index (χ4n) is 5.85. The summed E-state index contributed by atoms with van der Waals surface area (Å²) in [4.78, 5) is 40.9. The summed E-state index contributed by atoms with van der Waals surface area (Å²) < 4.78 is 5.54. The summed E-state index contributed by atoms with van der Waals surface area (Å²) in [7, 11) is 0. The van der Waals surface area contributed by atoms with Crippen molar-refractivity contribution in [2.75, 3.05) is 13.1 Å². The summed E-state index contributed by atoms with van der Waals surface area (Å²) in [5.74, 6) is -0.245. The molecule has 2 fully saturated rings. The van der Waals surface area contributed by atoms with Crippen molar-refractivity contribution in [3.05, 3.63) is 69.8 Å². The molecule has 3 amide bonds. The molecule has 2 saturated heterocycles. The number of amides is 3. The van der Waals surface area contributed by atoms with Crippen LogP contribution in [0.15, 0.2) is 36.4 Å². The second kappa shape index (κ2) is 8.64. The van der Waals surface area contributed by atoms with Gasteiger partial charge in [0.25, 0.3) is 5.91 Å². The van der Waals surface area contributed by atoms with E-state index in [4.69, 9.17) is 4.74 Å². The Morgan fingerprint density at radius 2 is 1.74 bits per heavy atom. The van der Waals surface area contributed by atoms with Crippen molar-refractivity contribution < 1.29 is 19.1 Å². The van der Waals surface area contributed by atoms with Gasteiger partial charge in [0.2, 0.25) is 11.8 Å². The molecule has 1 atom stereocenters. The summed E-state index contributed by atoms with van der Waals surface area (Å²) >= 11 is 0. The average Bonchev–Trinajstić information content (AvgIpc) is 3.43. The summed E-state index contributed by atoms with van der Waals surface area (Å²) in [5.41, 5.74) is 6.96. The van der Waals surface area contributed by atoms with Crippen molar-refractivity contribution in [2.24, 2.45) is 0 Å². The average molecular weight is 460 g/mol. The van der Waals surface area contributed by atoms with Crippen molar-refractivity contribution in [1.82, 2.24) is 15.1 Å². The number of carbonyl (C=O) groups is 3. The lowest BCUT2D eigenvalue weighted by atomic mass is 9.87. The van der Waals surface area contributed by atoms with Crippen LogP contribution < -0.4 is 5.32 Å². The molecule has 0 spiro atoms. The Hall–Kier alpha value is -3.03. The summed E-state index contributed by atoms with van der Waals surface area (Å²) in [6, 6.07) is 12.3. The van der Waals surface area contributed by atoms with Gasteiger partial charge in [-0.05, 0) is 72.2 Å². The number of likely N-dealkylation sites (tertiary alicyclic amines) is 1. The van der Waals surface area contributed by atoms with Gasteiger partial charge in [0.15, 0.2) is 0 Å². The lowest BCUT2D eigenvalue weighted by Crippen LogP contribution is -2.52. The third-order valence-corrected chi connectivity index (χ3v) is 7.80. The van der Waals surface area contributed by atoms with Crippen molar-refractivity contribution >= 4 is 17.7 Å². The molecule has 7 heteroatoms. The zero-order valence-electron chi connectivity index (χ0n) is 19.2. The minimum Gasteiger partial charge on any atom is -0.372 e. The molecular weight excluding hydrogens is 430 g/mol. The minimum atomic E-state index is -0.560. The Balaban J connectivity index is 1.09. The molecule has 0 saturated carbocycles. The molecule has 1 unspecified atom stereocenters. The smallest absolute Gasteiger partial charge is 0.255 e. The van der Waals surface area contributed by atoms with Crippen LogP contribution in [0.1, 0.15) is 69.8 Å². The highest BCUT2D eigenvalue weighted by Crippen LogP contribution is 2.34. The molecule has 0 radical (unpaired) electrons. The second-order valence-electron chi connectivity index (χ2n) is 9.96. The quantitative estimate of drug-likeness (QED) is 0.712. The van der Waals surface area contributed by atoms with Crippen LogP contribution in [0.5, 0.6) is 0 Å². The first kappa shape index (κ1) is 21.5. The van der Waals surface area contributed by atoms with Gasteiger partial charge < -0.3 is 9.64 Å². The Labute approximate surface area is 199 Å². The summed E-state index contributed by atoms with van der Waals surface area (Å²) in [6.45, 7) is 4.98. The molecule has 34 heavy (non-hydrogen) atoms. The zero-order valence-corrected chi connectivity index (χ0v) is 19.2. The Bertz CT molecular complexity index is 1170. The van der Waals surface area contributed by atoms with E-state index >= 15 is 0 Å². The molecule has 0 aliphatic carbocycles. The molecule has 4 aliphatic heterocycles. The van der Waals surface area contributed by atoms with Gasteiger partial charge in [-0.25, -0.2) is 0 Å². The Morgan fingerprint density at radius 1 is 0.912 bits per heavy atom. The monoisotopic (exact) mass is 459 g/mol. The van der Waals surface area contributed by atoms with E-state index in [1.807, 2.05) is 6.07 Å². The Morgan fingerprint density at radius 3 is 2.56 bits per heavy atom. The number of nitrogens with zero attached hydrogens (tertiary/aromatic N) is 2. The molecule has 2 aromatic carbocycles. The number of hydrogen-bond donors (Lipinski definition) is 1. The molecule has 0 aromatic heterocycles. The molecule has 1 N–H and O–H groups in total. The van der Waals surface area contributed by atoms with Crippen LogP contribution in [-0.2, 0) is 40.6 Å². The van der Waals surface area contributed by atoms with E-state index in [0.29, 0.717) is 24.4 Å². The molecule has 0 bridgehead atoms. The number of rotatable bonds is 4. The van der Waals surface area contributed by atoms with E-state index < -0.39 is 6.04 Å². The van der Waals surface area contributed by atoms with E-state index in [0.717, 1.165) is 51.3 Å². The lowest BCUT2D eigenvalue weighted by Gasteiger charge is -2.32. The molecule has 6 rings (SSSR count). The van der Waals surface area contributed by atoms with Crippen LogP contribution in [0.25, 0.3) is 0 Å². The highest BCUT2D eigenvalue weighted by atomic mass is 16.5. The van der Waals surface area contributed by atoms with Crippen LogP contribution in [0.2, 0.25) is 0 Å². The molecule has 4 heterocycles. The first-order chi connectivity index (χ1) is 16.5. The third-order valence-electron chi connectivity index (χ3n) is 7.80. The molecular formula is C27H29N3O4. The number of nitrogens with one attached hydrogen (secondary N) is 1. The molecule has 2 aromatic rings. The van der Waals surface area contributed by atoms with Crippen LogP contribution in [0.4, 0.5) is 0 Å². The van der Waals surface area contributed by atoms with Crippen molar-refractivity contribution in [3.63, 3.8) is 0 Å². The van der Waals surface area contributed by atoms with Gasteiger partial charge >= 0.3 is 0 Å². The largest absolute Gasteiger partial charge is 0.372 e. The van der Waals surface area contributed by atoms with Crippen LogP contribution in [0, 0.1) is 0 Å². The van der Waals surface area contributed by atoms with Gasteiger partial charge in [-0.3, -0.25) is 24.6 Å². The predicted octanol–water partition coefficient (Wildman–Crippen LogP) is 2.86.